The summed E-state index contributed by atoms with van der Waals surface area (Å²) in [5.74, 6) is 1.56. The number of rotatable bonds is 4. The summed E-state index contributed by atoms with van der Waals surface area (Å²) >= 11 is 5.99. The van der Waals surface area contributed by atoms with Gasteiger partial charge in [0.1, 0.15) is 0 Å². The van der Waals surface area contributed by atoms with E-state index in [1.807, 2.05) is 73.4 Å². The molecule has 1 atom stereocenters. The molecule has 0 radical (unpaired) electrons. The molecule has 128 valence electrons. The maximum Gasteiger partial charge on any atom is 0.360 e. The summed E-state index contributed by atoms with van der Waals surface area (Å²) in [5, 5.41) is 7.32. The molecule has 0 saturated heterocycles. The molecule has 1 aliphatic rings. The highest BCUT2D eigenvalue weighted by molar-refractivity contribution is 8.28. The lowest BCUT2D eigenvalue weighted by molar-refractivity contribution is -0.134. The van der Waals surface area contributed by atoms with Crippen molar-refractivity contribution in [1.82, 2.24) is 0 Å². The van der Waals surface area contributed by atoms with Gasteiger partial charge in [-0.05, 0) is 37.1 Å². The molecule has 0 fully saturated rings. The number of nitrogens with zero attached hydrogens (tertiary/aromatic N) is 2. The average Bonchev–Trinajstić information content (AvgIpc) is 2.63. The number of hydrogen-bond acceptors (Lipinski definition) is 5. The quantitative estimate of drug-likeness (QED) is 0.602. The van der Waals surface area contributed by atoms with Crippen LogP contribution in [0.4, 0.5) is 5.69 Å². The van der Waals surface area contributed by atoms with Crippen molar-refractivity contribution in [1.29, 1.82) is 0 Å². The molecule has 1 aliphatic heterocycles. The van der Waals surface area contributed by atoms with E-state index in [2.05, 4.69) is 5.10 Å². The minimum absolute atomic E-state index is 0.288. The molecular weight excluding hydrogens is 351 g/mol. The largest absolute Gasteiger partial charge is 0.461 e. The summed E-state index contributed by atoms with van der Waals surface area (Å²) in [6.45, 7) is 4.03. The number of carbonyl (C=O) groups is 1. The SMILES string of the molecule is CCOC(=O)C1=NN(c2ccccc2)C(C)=C[P@@]1(=S)c1ccccc1. The lowest BCUT2D eigenvalue weighted by Crippen LogP contribution is -2.30. The van der Waals surface area contributed by atoms with E-state index in [4.69, 9.17) is 16.5 Å². The van der Waals surface area contributed by atoms with E-state index < -0.39 is 12.0 Å². The Balaban J connectivity index is 2.14. The molecular formula is C19H19N2O2PS. The van der Waals surface area contributed by atoms with Crippen LogP contribution in [0.25, 0.3) is 0 Å². The molecule has 3 rings (SSSR count). The third kappa shape index (κ3) is 3.44. The fourth-order valence-corrected chi connectivity index (χ4v) is 6.15. The molecule has 0 aromatic heterocycles. The van der Waals surface area contributed by atoms with Gasteiger partial charge in [-0.15, -0.1) is 0 Å². The predicted molar refractivity (Wildman–Crippen MR) is 107 cm³/mol. The van der Waals surface area contributed by atoms with E-state index in [0.717, 1.165) is 16.7 Å². The van der Waals surface area contributed by atoms with Crippen LogP contribution in [0.2, 0.25) is 0 Å². The van der Waals surface area contributed by atoms with Crippen molar-refractivity contribution in [2.75, 3.05) is 11.6 Å². The first kappa shape index (κ1) is 17.6. The third-order valence-electron chi connectivity index (χ3n) is 3.81. The number of carbonyl (C=O) groups excluding carboxylic acids is 1. The second kappa shape index (κ2) is 7.34. The number of anilines is 1. The van der Waals surface area contributed by atoms with E-state index in [-0.39, 0.29) is 6.61 Å². The Labute approximate surface area is 152 Å². The Hall–Kier alpha value is -2.23. The van der Waals surface area contributed by atoms with Crippen LogP contribution in [0.5, 0.6) is 0 Å². The number of hydrazone groups is 1. The molecule has 2 aromatic rings. The molecule has 25 heavy (non-hydrogen) atoms. The zero-order chi connectivity index (χ0) is 17.9. The van der Waals surface area contributed by atoms with Crippen molar-refractivity contribution in [3.05, 3.63) is 72.2 Å². The summed E-state index contributed by atoms with van der Waals surface area (Å²) in [7, 11) is 0. The summed E-state index contributed by atoms with van der Waals surface area (Å²) in [6, 6.07) is 16.9. The van der Waals surface area contributed by atoms with Gasteiger partial charge in [0.05, 0.1) is 18.3 Å². The number of hydrogen-bond donors (Lipinski definition) is 0. The molecule has 2 aromatic carbocycles. The van der Waals surface area contributed by atoms with Crippen LogP contribution >= 0.6 is 6.04 Å². The van der Waals surface area contributed by atoms with Gasteiger partial charge in [0, 0.05) is 5.70 Å². The first-order chi connectivity index (χ1) is 12.1. The first-order valence-corrected chi connectivity index (χ1v) is 10.9. The number of para-hydroxylation sites is 1. The van der Waals surface area contributed by atoms with Gasteiger partial charge in [-0.1, -0.05) is 60.3 Å². The normalized spacial score (nSPS) is 19.8. The Bertz CT molecular complexity index is 879. The third-order valence-corrected chi connectivity index (χ3v) is 7.98. The van der Waals surface area contributed by atoms with Crippen LogP contribution in [-0.2, 0) is 21.3 Å². The smallest absolute Gasteiger partial charge is 0.360 e. The van der Waals surface area contributed by atoms with Crippen molar-refractivity contribution < 1.29 is 9.53 Å². The van der Waals surface area contributed by atoms with E-state index in [9.17, 15) is 4.79 Å². The maximum atomic E-state index is 12.6. The highest BCUT2D eigenvalue weighted by Crippen LogP contribution is 2.52. The van der Waals surface area contributed by atoms with Crippen LogP contribution in [0.3, 0.4) is 0 Å². The van der Waals surface area contributed by atoms with Crippen LogP contribution in [0.15, 0.2) is 77.3 Å². The van der Waals surface area contributed by atoms with Crippen LogP contribution in [-0.4, -0.2) is 18.0 Å². The summed E-state index contributed by atoms with van der Waals surface area (Å²) in [4.78, 5) is 12.6. The molecule has 0 amide bonds. The van der Waals surface area contributed by atoms with Crippen molar-refractivity contribution in [3.8, 4) is 0 Å². The van der Waals surface area contributed by atoms with Crippen LogP contribution in [0, 0.1) is 0 Å². The lowest BCUT2D eigenvalue weighted by Gasteiger charge is -2.31. The minimum atomic E-state index is -2.47. The molecule has 6 heteroatoms. The highest BCUT2D eigenvalue weighted by atomic mass is 32.4. The van der Waals surface area contributed by atoms with E-state index in [1.54, 1.807) is 11.9 Å². The van der Waals surface area contributed by atoms with Crippen LogP contribution < -0.4 is 10.3 Å². The topological polar surface area (TPSA) is 41.9 Å². The van der Waals surface area contributed by atoms with Crippen molar-refractivity contribution in [2.45, 2.75) is 13.8 Å². The second-order valence-electron chi connectivity index (χ2n) is 5.56. The maximum absolute atomic E-state index is 12.6. The van der Waals surface area contributed by atoms with E-state index in [0.29, 0.717) is 5.45 Å². The Morgan fingerprint density at radius 3 is 2.32 bits per heavy atom. The summed E-state index contributed by atoms with van der Waals surface area (Å²) in [5.41, 5.74) is 2.10. The van der Waals surface area contributed by atoms with Gasteiger partial charge in [-0.3, -0.25) is 0 Å². The first-order valence-electron chi connectivity index (χ1n) is 8.02. The average molecular weight is 370 g/mol. The van der Waals surface area contributed by atoms with Crippen molar-refractivity contribution in [3.63, 3.8) is 0 Å². The molecule has 0 aliphatic carbocycles. The van der Waals surface area contributed by atoms with Gasteiger partial charge in [0.25, 0.3) is 0 Å². The fraction of sp³-hybridized carbons (Fsp3) is 0.158. The fourth-order valence-electron chi connectivity index (χ4n) is 2.67. The Morgan fingerprint density at radius 1 is 1.12 bits per heavy atom. The zero-order valence-electron chi connectivity index (χ0n) is 14.1. The van der Waals surface area contributed by atoms with Crippen LogP contribution in [0.1, 0.15) is 13.8 Å². The number of ether oxygens (including phenoxy) is 1. The number of benzene rings is 2. The molecule has 0 unspecified atom stereocenters. The molecule has 0 saturated carbocycles. The van der Waals surface area contributed by atoms with Gasteiger partial charge in [-0.25, -0.2) is 9.80 Å². The summed E-state index contributed by atoms with van der Waals surface area (Å²) < 4.78 is 5.25. The predicted octanol–water partition coefficient (Wildman–Crippen LogP) is 4.05. The second-order valence-corrected chi connectivity index (χ2v) is 9.80. The van der Waals surface area contributed by atoms with Gasteiger partial charge in [0.15, 0.2) is 5.45 Å². The molecule has 0 bridgehead atoms. The minimum Gasteiger partial charge on any atom is -0.461 e. The van der Waals surface area contributed by atoms with Crippen molar-refractivity contribution in [2.24, 2.45) is 5.10 Å². The highest BCUT2D eigenvalue weighted by Gasteiger charge is 2.36. The lowest BCUT2D eigenvalue weighted by atomic mass is 10.3. The van der Waals surface area contributed by atoms with Gasteiger partial charge in [0.2, 0.25) is 0 Å². The number of allylic oxidation sites excluding steroid dienone is 1. The standard InChI is InChI=1S/C19H19N2O2PS/c1-3-23-19(22)18-20-21(16-10-6-4-7-11-16)15(2)14-24(18,25)17-12-8-5-9-13-17/h4-14H,3H2,1-2H3/t24-/m1/s1. The molecule has 4 nitrogen and oxygen atoms in total. The Morgan fingerprint density at radius 2 is 1.72 bits per heavy atom. The van der Waals surface area contributed by atoms with Crippen molar-refractivity contribution >= 4 is 40.3 Å². The Kier molecular flexibility index (Phi) is 5.16. The van der Waals surface area contributed by atoms with Gasteiger partial charge in [-0.2, -0.15) is 5.10 Å². The molecule has 0 spiro atoms. The van der Waals surface area contributed by atoms with Gasteiger partial charge < -0.3 is 4.74 Å². The summed E-state index contributed by atoms with van der Waals surface area (Å²) in [6.07, 6.45) is 0. The zero-order valence-corrected chi connectivity index (χ0v) is 15.8. The number of esters is 1. The monoisotopic (exact) mass is 370 g/mol. The van der Waals surface area contributed by atoms with E-state index in [1.165, 1.54) is 0 Å². The molecule has 1 heterocycles. The molecule has 0 N–H and O–H groups in total. The van der Waals surface area contributed by atoms with Gasteiger partial charge >= 0.3 is 5.97 Å². The van der Waals surface area contributed by atoms with E-state index >= 15 is 0 Å².